The minimum atomic E-state index is -0.370. The number of hydrogen-bond donors (Lipinski definition) is 1. The number of esters is 1. The van der Waals surface area contributed by atoms with Crippen molar-refractivity contribution in [3.05, 3.63) is 29.8 Å². The SMILES string of the molecule is NCC(=O)Oc1ccccc1C1CCCC1. The Morgan fingerprint density at radius 1 is 1.31 bits per heavy atom. The Labute approximate surface area is 95.6 Å². The molecule has 2 rings (SSSR count). The van der Waals surface area contributed by atoms with Crippen molar-refractivity contribution in [3.63, 3.8) is 0 Å². The van der Waals surface area contributed by atoms with Gasteiger partial charge < -0.3 is 10.5 Å². The molecule has 86 valence electrons. The smallest absolute Gasteiger partial charge is 0.325 e. The zero-order chi connectivity index (χ0) is 11.4. The zero-order valence-electron chi connectivity index (χ0n) is 9.32. The highest BCUT2D eigenvalue weighted by atomic mass is 16.5. The van der Waals surface area contributed by atoms with Crippen LogP contribution in [0.5, 0.6) is 5.75 Å². The van der Waals surface area contributed by atoms with Gasteiger partial charge in [-0.05, 0) is 30.4 Å². The van der Waals surface area contributed by atoms with Crippen LogP contribution in [0.3, 0.4) is 0 Å². The van der Waals surface area contributed by atoms with E-state index >= 15 is 0 Å². The molecule has 0 amide bonds. The van der Waals surface area contributed by atoms with E-state index in [9.17, 15) is 4.79 Å². The number of ether oxygens (including phenoxy) is 1. The lowest BCUT2D eigenvalue weighted by molar-refractivity contribution is -0.132. The van der Waals surface area contributed by atoms with Crippen LogP contribution in [0.25, 0.3) is 0 Å². The summed E-state index contributed by atoms with van der Waals surface area (Å²) >= 11 is 0. The topological polar surface area (TPSA) is 52.3 Å². The first-order valence-corrected chi connectivity index (χ1v) is 5.81. The summed E-state index contributed by atoms with van der Waals surface area (Å²) < 4.78 is 5.24. The Hall–Kier alpha value is -1.35. The summed E-state index contributed by atoms with van der Waals surface area (Å²) in [6, 6.07) is 7.78. The molecule has 1 aliphatic rings. The predicted molar refractivity (Wildman–Crippen MR) is 62.3 cm³/mol. The standard InChI is InChI=1S/C13H17NO2/c14-9-13(15)16-12-8-4-3-7-11(12)10-5-1-2-6-10/h3-4,7-8,10H,1-2,5-6,9,14H2. The molecule has 0 radical (unpaired) electrons. The van der Waals surface area contributed by atoms with Gasteiger partial charge in [0.05, 0.1) is 6.54 Å². The number of para-hydroxylation sites is 1. The van der Waals surface area contributed by atoms with Crippen LogP contribution in [-0.4, -0.2) is 12.5 Å². The van der Waals surface area contributed by atoms with E-state index in [1.54, 1.807) is 0 Å². The summed E-state index contributed by atoms with van der Waals surface area (Å²) in [6.45, 7) is -0.0704. The first kappa shape index (κ1) is 11.1. The van der Waals surface area contributed by atoms with E-state index in [1.165, 1.54) is 25.7 Å². The van der Waals surface area contributed by atoms with E-state index in [2.05, 4.69) is 6.07 Å². The van der Waals surface area contributed by atoms with Crippen molar-refractivity contribution in [2.75, 3.05) is 6.54 Å². The van der Waals surface area contributed by atoms with E-state index in [4.69, 9.17) is 10.5 Å². The molecule has 0 atom stereocenters. The lowest BCUT2D eigenvalue weighted by atomic mass is 9.97. The monoisotopic (exact) mass is 219 g/mol. The minimum absolute atomic E-state index is 0.0704. The summed E-state index contributed by atoms with van der Waals surface area (Å²) in [6.07, 6.45) is 4.92. The van der Waals surface area contributed by atoms with Crippen LogP contribution in [0.4, 0.5) is 0 Å². The van der Waals surface area contributed by atoms with Gasteiger partial charge in [0.1, 0.15) is 5.75 Å². The second-order valence-electron chi connectivity index (χ2n) is 4.20. The van der Waals surface area contributed by atoms with Gasteiger partial charge in [-0.2, -0.15) is 0 Å². The molecule has 0 bridgehead atoms. The van der Waals surface area contributed by atoms with Crippen LogP contribution in [-0.2, 0) is 4.79 Å². The molecule has 1 aliphatic carbocycles. The van der Waals surface area contributed by atoms with Crippen molar-refractivity contribution in [1.82, 2.24) is 0 Å². The van der Waals surface area contributed by atoms with Gasteiger partial charge in [-0.25, -0.2) is 0 Å². The van der Waals surface area contributed by atoms with Crippen molar-refractivity contribution in [2.45, 2.75) is 31.6 Å². The fourth-order valence-electron chi connectivity index (χ4n) is 2.31. The highest BCUT2D eigenvalue weighted by Crippen LogP contribution is 2.38. The number of benzene rings is 1. The summed E-state index contributed by atoms with van der Waals surface area (Å²) in [5, 5.41) is 0. The van der Waals surface area contributed by atoms with Crippen molar-refractivity contribution < 1.29 is 9.53 Å². The normalized spacial score (nSPS) is 16.3. The lowest BCUT2D eigenvalue weighted by Crippen LogP contribution is -2.20. The van der Waals surface area contributed by atoms with Crippen LogP contribution >= 0.6 is 0 Å². The predicted octanol–water partition coefficient (Wildman–Crippen LogP) is 2.21. The maximum absolute atomic E-state index is 11.2. The fraction of sp³-hybridized carbons (Fsp3) is 0.462. The second-order valence-corrected chi connectivity index (χ2v) is 4.20. The first-order valence-electron chi connectivity index (χ1n) is 5.81. The van der Waals surface area contributed by atoms with Crippen molar-refractivity contribution in [3.8, 4) is 5.75 Å². The molecule has 0 aliphatic heterocycles. The Morgan fingerprint density at radius 2 is 2.00 bits per heavy atom. The molecule has 1 saturated carbocycles. The molecule has 2 N–H and O–H groups in total. The lowest BCUT2D eigenvalue weighted by Gasteiger charge is -2.14. The van der Waals surface area contributed by atoms with Gasteiger partial charge in [-0.3, -0.25) is 4.79 Å². The highest BCUT2D eigenvalue weighted by Gasteiger charge is 2.20. The maximum atomic E-state index is 11.2. The van der Waals surface area contributed by atoms with Gasteiger partial charge in [0, 0.05) is 0 Å². The Balaban J connectivity index is 2.19. The third-order valence-corrected chi connectivity index (χ3v) is 3.10. The van der Waals surface area contributed by atoms with Crippen molar-refractivity contribution in [2.24, 2.45) is 5.73 Å². The van der Waals surface area contributed by atoms with Gasteiger partial charge in [-0.1, -0.05) is 31.0 Å². The molecule has 1 aromatic rings. The molecule has 1 aromatic carbocycles. The molecule has 1 fully saturated rings. The van der Waals surface area contributed by atoms with Crippen LogP contribution in [0.1, 0.15) is 37.2 Å². The molecule has 0 saturated heterocycles. The van der Waals surface area contributed by atoms with Crippen LogP contribution < -0.4 is 10.5 Å². The summed E-state index contributed by atoms with van der Waals surface area (Å²) in [7, 11) is 0. The van der Waals surface area contributed by atoms with Gasteiger partial charge in [0.15, 0.2) is 0 Å². The summed E-state index contributed by atoms with van der Waals surface area (Å²) in [4.78, 5) is 11.2. The highest BCUT2D eigenvalue weighted by molar-refractivity contribution is 5.74. The van der Waals surface area contributed by atoms with Crippen LogP contribution in [0.2, 0.25) is 0 Å². The molecule has 3 nitrogen and oxygen atoms in total. The Morgan fingerprint density at radius 3 is 2.69 bits per heavy atom. The van der Waals surface area contributed by atoms with E-state index < -0.39 is 0 Å². The quantitative estimate of drug-likeness (QED) is 0.626. The van der Waals surface area contributed by atoms with Gasteiger partial charge in [0.2, 0.25) is 0 Å². The maximum Gasteiger partial charge on any atom is 0.325 e. The summed E-state index contributed by atoms with van der Waals surface area (Å²) in [5.41, 5.74) is 6.40. The van der Waals surface area contributed by atoms with Crippen molar-refractivity contribution in [1.29, 1.82) is 0 Å². The number of carbonyl (C=O) groups excluding carboxylic acids is 1. The number of carbonyl (C=O) groups is 1. The van der Waals surface area contributed by atoms with Gasteiger partial charge in [0.25, 0.3) is 0 Å². The average molecular weight is 219 g/mol. The van der Waals surface area contributed by atoms with E-state index in [-0.39, 0.29) is 12.5 Å². The number of hydrogen-bond acceptors (Lipinski definition) is 3. The molecule has 0 heterocycles. The van der Waals surface area contributed by atoms with Crippen molar-refractivity contribution >= 4 is 5.97 Å². The zero-order valence-corrected chi connectivity index (χ0v) is 9.32. The fourth-order valence-corrected chi connectivity index (χ4v) is 2.31. The Bertz CT molecular complexity index is 370. The van der Waals surface area contributed by atoms with E-state index in [0.717, 1.165) is 5.56 Å². The largest absolute Gasteiger partial charge is 0.425 e. The van der Waals surface area contributed by atoms with Gasteiger partial charge in [-0.15, -0.1) is 0 Å². The third kappa shape index (κ3) is 2.42. The Kier molecular flexibility index (Phi) is 3.57. The molecular weight excluding hydrogens is 202 g/mol. The second kappa shape index (κ2) is 5.12. The molecular formula is C13H17NO2. The van der Waals surface area contributed by atoms with Crippen LogP contribution in [0, 0.1) is 0 Å². The molecule has 3 heteroatoms. The average Bonchev–Trinajstić information content (AvgIpc) is 2.83. The first-order chi connectivity index (χ1) is 7.81. The minimum Gasteiger partial charge on any atom is -0.425 e. The molecule has 16 heavy (non-hydrogen) atoms. The molecule has 0 unspecified atom stereocenters. The third-order valence-electron chi connectivity index (χ3n) is 3.10. The number of rotatable bonds is 3. The molecule has 0 spiro atoms. The van der Waals surface area contributed by atoms with Gasteiger partial charge >= 0.3 is 5.97 Å². The van der Waals surface area contributed by atoms with Crippen LogP contribution in [0.15, 0.2) is 24.3 Å². The molecule has 0 aromatic heterocycles. The van der Waals surface area contributed by atoms with E-state index in [0.29, 0.717) is 11.7 Å². The summed E-state index contributed by atoms with van der Waals surface area (Å²) in [5.74, 6) is 0.858. The van der Waals surface area contributed by atoms with E-state index in [1.807, 2.05) is 18.2 Å². The number of nitrogens with two attached hydrogens (primary N) is 1.